The van der Waals surface area contributed by atoms with E-state index >= 15 is 0 Å². The summed E-state index contributed by atoms with van der Waals surface area (Å²) in [5.41, 5.74) is 2.93. The Morgan fingerprint density at radius 2 is 1.85 bits per heavy atom. The van der Waals surface area contributed by atoms with Crippen LogP contribution in [0.1, 0.15) is 17.3 Å². The Morgan fingerprint density at radius 1 is 1.12 bits per heavy atom. The summed E-state index contributed by atoms with van der Waals surface area (Å²) in [7, 11) is 1.86. The number of nitrogens with zero attached hydrogens (tertiary/aromatic N) is 5. The Hall–Kier alpha value is -3.07. The van der Waals surface area contributed by atoms with Crippen molar-refractivity contribution in [2.75, 3.05) is 53.4 Å². The molecule has 0 radical (unpaired) electrons. The van der Waals surface area contributed by atoms with Gasteiger partial charge in [-0.25, -0.2) is 4.98 Å². The van der Waals surface area contributed by atoms with Crippen LogP contribution < -0.4 is 25.3 Å². The molecule has 10 heteroatoms. The Balaban J connectivity index is 1.35. The van der Waals surface area contributed by atoms with E-state index in [0.717, 1.165) is 25.3 Å². The first kappa shape index (κ1) is 22.7. The van der Waals surface area contributed by atoms with Gasteiger partial charge in [-0.3, -0.25) is 9.69 Å². The number of rotatable bonds is 4. The summed E-state index contributed by atoms with van der Waals surface area (Å²) in [6, 6.07) is 13.9. The maximum absolute atomic E-state index is 13.2. The Morgan fingerprint density at radius 3 is 2.56 bits per heavy atom. The van der Waals surface area contributed by atoms with Gasteiger partial charge in [-0.15, -0.1) is 0 Å². The lowest BCUT2D eigenvalue weighted by molar-refractivity contribution is 0.0982. The molecular weight excluding hydrogens is 473 g/mol. The van der Waals surface area contributed by atoms with Gasteiger partial charge in [-0.05, 0) is 43.3 Å². The number of halogens is 2. The number of para-hydroxylation sites is 1. The molecule has 2 aliphatic rings. The molecule has 1 fully saturated rings. The van der Waals surface area contributed by atoms with Crippen molar-refractivity contribution in [1.82, 2.24) is 15.3 Å². The van der Waals surface area contributed by atoms with Gasteiger partial charge < -0.3 is 20.4 Å². The number of nitrogens with one attached hydrogen (secondary N) is 2. The number of piperazine rings is 1. The highest BCUT2D eigenvalue weighted by molar-refractivity contribution is 6.40. The predicted molar refractivity (Wildman–Crippen MR) is 138 cm³/mol. The SMILES string of the molecule is CC1CN(c2ccc(Nc3ncc4c(n3)N(C)CN(c3c(Cl)cccc3Cl)C4=O)cc2)CCN1. The first-order chi connectivity index (χ1) is 16.4. The van der Waals surface area contributed by atoms with E-state index in [4.69, 9.17) is 23.2 Å². The molecule has 5 rings (SSSR count). The molecule has 2 aliphatic heterocycles. The largest absolute Gasteiger partial charge is 0.369 e. The summed E-state index contributed by atoms with van der Waals surface area (Å²) >= 11 is 12.7. The van der Waals surface area contributed by atoms with Gasteiger partial charge in [-0.2, -0.15) is 4.98 Å². The summed E-state index contributed by atoms with van der Waals surface area (Å²) < 4.78 is 0. The molecule has 3 heterocycles. The van der Waals surface area contributed by atoms with Crippen molar-refractivity contribution < 1.29 is 4.79 Å². The number of carbonyl (C=O) groups excluding carboxylic acids is 1. The second-order valence-corrected chi connectivity index (χ2v) is 9.36. The van der Waals surface area contributed by atoms with Crippen molar-refractivity contribution in [2.45, 2.75) is 13.0 Å². The number of aromatic nitrogens is 2. The maximum Gasteiger partial charge on any atom is 0.265 e. The lowest BCUT2D eigenvalue weighted by Crippen LogP contribution is -2.49. The highest BCUT2D eigenvalue weighted by atomic mass is 35.5. The minimum absolute atomic E-state index is 0.246. The molecular formula is C24H25Cl2N7O. The second-order valence-electron chi connectivity index (χ2n) is 8.55. The van der Waals surface area contributed by atoms with Crippen LogP contribution in [-0.2, 0) is 0 Å². The average molecular weight is 498 g/mol. The zero-order valence-electron chi connectivity index (χ0n) is 18.9. The number of fused-ring (bicyclic) bond motifs is 1. The quantitative estimate of drug-likeness (QED) is 0.553. The third-order valence-corrected chi connectivity index (χ3v) is 6.63. The number of hydrogen-bond donors (Lipinski definition) is 2. The lowest BCUT2D eigenvalue weighted by Gasteiger charge is -2.35. The predicted octanol–water partition coefficient (Wildman–Crippen LogP) is 4.38. The molecule has 176 valence electrons. The van der Waals surface area contributed by atoms with E-state index < -0.39 is 0 Å². The highest BCUT2D eigenvalue weighted by Gasteiger charge is 2.32. The molecule has 1 atom stereocenters. The average Bonchev–Trinajstić information content (AvgIpc) is 2.82. The fourth-order valence-corrected chi connectivity index (χ4v) is 4.94. The zero-order valence-corrected chi connectivity index (χ0v) is 20.4. The van der Waals surface area contributed by atoms with Crippen LogP contribution >= 0.6 is 23.2 Å². The lowest BCUT2D eigenvalue weighted by atomic mass is 10.2. The standard InChI is InChI=1S/C24H25Cl2N7O/c1-15-13-32(11-10-27-15)17-8-6-16(7-9-17)29-24-28-12-18-22(30-24)31(2)14-33(23(18)34)21-19(25)4-3-5-20(21)26/h3-9,12,15,27H,10-11,13-14H2,1-2H3,(H,28,29,30). The van der Waals surface area contributed by atoms with Gasteiger partial charge in [0.2, 0.25) is 5.95 Å². The van der Waals surface area contributed by atoms with Crippen LogP contribution in [0, 0.1) is 0 Å². The molecule has 34 heavy (non-hydrogen) atoms. The molecule has 0 bridgehead atoms. The van der Waals surface area contributed by atoms with E-state index in [1.807, 2.05) is 24.1 Å². The normalized spacial score (nSPS) is 18.2. The van der Waals surface area contributed by atoms with E-state index in [-0.39, 0.29) is 12.6 Å². The van der Waals surface area contributed by atoms with Crippen LogP contribution in [0.15, 0.2) is 48.7 Å². The van der Waals surface area contributed by atoms with Crippen molar-refractivity contribution in [3.8, 4) is 0 Å². The number of anilines is 5. The first-order valence-electron chi connectivity index (χ1n) is 11.1. The first-order valence-corrected chi connectivity index (χ1v) is 11.9. The summed E-state index contributed by atoms with van der Waals surface area (Å²) in [5, 5.41) is 7.53. The van der Waals surface area contributed by atoms with Crippen LogP contribution in [0.4, 0.5) is 28.8 Å². The maximum atomic E-state index is 13.2. The Kier molecular flexibility index (Phi) is 6.20. The summed E-state index contributed by atoms with van der Waals surface area (Å²) in [6.07, 6.45) is 1.54. The fourth-order valence-electron chi connectivity index (χ4n) is 4.33. The molecule has 8 nitrogen and oxygen atoms in total. The monoisotopic (exact) mass is 497 g/mol. The molecule has 1 saturated heterocycles. The van der Waals surface area contributed by atoms with Crippen LogP contribution in [0.3, 0.4) is 0 Å². The summed E-state index contributed by atoms with van der Waals surface area (Å²) in [5.74, 6) is 0.726. The van der Waals surface area contributed by atoms with Crippen LogP contribution in [-0.4, -0.2) is 55.3 Å². The van der Waals surface area contributed by atoms with E-state index in [9.17, 15) is 4.79 Å². The highest BCUT2D eigenvalue weighted by Crippen LogP contribution is 2.37. The summed E-state index contributed by atoms with van der Waals surface area (Å²) in [4.78, 5) is 28.0. The van der Waals surface area contributed by atoms with Gasteiger partial charge in [0.05, 0.1) is 22.4 Å². The second kappa shape index (κ2) is 9.29. The van der Waals surface area contributed by atoms with Crippen LogP contribution in [0.5, 0.6) is 0 Å². The Labute approximate surface area is 208 Å². The molecule has 0 spiro atoms. The number of amides is 1. The third-order valence-electron chi connectivity index (χ3n) is 6.02. The van der Waals surface area contributed by atoms with Crippen molar-refractivity contribution in [1.29, 1.82) is 0 Å². The number of hydrogen-bond acceptors (Lipinski definition) is 7. The smallest absolute Gasteiger partial charge is 0.265 e. The number of carbonyl (C=O) groups is 1. The Bertz CT molecular complexity index is 1200. The molecule has 0 aliphatic carbocycles. The van der Waals surface area contributed by atoms with E-state index in [1.54, 1.807) is 23.1 Å². The van der Waals surface area contributed by atoms with Crippen molar-refractivity contribution in [3.05, 3.63) is 64.3 Å². The van der Waals surface area contributed by atoms with Crippen molar-refractivity contribution in [3.63, 3.8) is 0 Å². The van der Waals surface area contributed by atoms with Crippen molar-refractivity contribution >= 4 is 57.9 Å². The topological polar surface area (TPSA) is 76.6 Å². The van der Waals surface area contributed by atoms with Crippen LogP contribution in [0.2, 0.25) is 10.0 Å². The third kappa shape index (κ3) is 4.36. The molecule has 1 unspecified atom stereocenters. The molecule has 1 amide bonds. The molecule has 2 aromatic carbocycles. The fraction of sp³-hybridized carbons (Fsp3) is 0.292. The van der Waals surface area contributed by atoms with Gasteiger partial charge in [0.15, 0.2) is 0 Å². The van der Waals surface area contributed by atoms with E-state index in [2.05, 4.69) is 44.6 Å². The minimum atomic E-state index is -0.246. The minimum Gasteiger partial charge on any atom is -0.369 e. The van der Waals surface area contributed by atoms with Crippen LogP contribution in [0.25, 0.3) is 0 Å². The van der Waals surface area contributed by atoms with Gasteiger partial charge in [0, 0.05) is 50.3 Å². The zero-order chi connectivity index (χ0) is 23.8. The van der Waals surface area contributed by atoms with E-state index in [0.29, 0.717) is 39.1 Å². The number of benzene rings is 2. The van der Waals surface area contributed by atoms with Gasteiger partial charge in [-0.1, -0.05) is 29.3 Å². The van der Waals surface area contributed by atoms with E-state index in [1.165, 1.54) is 11.9 Å². The van der Waals surface area contributed by atoms with Gasteiger partial charge in [0.25, 0.3) is 5.91 Å². The molecule has 0 saturated carbocycles. The van der Waals surface area contributed by atoms with Gasteiger partial charge in [0.1, 0.15) is 11.4 Å². The molecule has 2 N–H and O–H groups in total. The molecule has 3 aromatic rings. The van der Waals surface area contributed by atoms with Gasteiger partial charge >= 0.3 is 0 Å². The molecule has 1 aromatic heterocycles. The van der Waals surface area contributed by atoms with Crippen molar-refractivity contribution in [2.24, 2.45) is 0 Å². The summed E-state index contributed by atoms with van der Waals surface area (Å²) in [6.45, 7) is 5.42.